The zero-order chi connectivity index (χ0) is 15.0. The molecule has 0 fully saturated rings. The molecule has 0 saturated carbocycles. The molecule has 0 unspecified atom stereocenters. The summed E-state index contributed by atoms with van der Waals surface area (Å²) in [5, 5.41) is 7.31. The molecule has 1 aliphatic rings. The number of nitrogens with zero attached hydrogens (tertiary/aromatic N) is 3. The highest BCUT2D eigenvalue weighted by molar-refractivity contribution is 7.15. The Labute approximate surface area is 125 Å². The van der Waals surface area contributed by atoms with Crippen molar-refractivity contribution < 1.29 is 4.79 Å². The molecule has 0 bridgehead atoms. The van der Waals surface area contributed by atoms with E-state index in [1.165, 1.54) is 35.4 Å². The Morgan fingerprint density at radius 3 is 3.05 bits per heavy atom. The van der Waals surface area contributed by atoms with E-state index in [2.05, 4.69) is 22.3 Å². The van der Waals surface area contributed by atoms with Gasteiger partial charge in [0.1, 0.15) is 5.69 Å². The Balaban J connectivity index is 1.78. The van der Waals surface area contributed by atoms with Gasteiger partial charge >= 0.3 is 0 Å². The lowest BCUT2D eigenvalue weighted by Gasteiger charge is -2.15. The van der Waals surface area contributed by atoms with Crippen LogP contribution in [-0.4, -0.2) is 20.7 Å². The summed E-state index contributed by atoms with van der Waals surface area (Å²) in [6.07, 6.45) is 3.15. The topological polar surface area (TPSA) is 76.9 Å². The molecule has 0 aliphatic heterocycles. The van der Waals surface area contributed by atoms with Crippen LogP contribution in [0.3, 0.4) is 0 Å². The lowest BCUT2D eigenvalue weighted by atomic mass is 9.93. The van der Waals surface area contributed by atoms with E-state index >= 15 is 0 Å². The van der Waals surface area contributed by atoms with Gasteiger partial charge in [0.15, 0.2) is 5.13 Å². The van der Waals surface area contributed by atoms with E-state index in [1.807, 2.05) is 0 Å². The van der Waals surface area contributed by atoms with E-state index in [0.29, 0.717) is 11.0 Å². The molecule has 1 N–H and O–H groups in total. The molecule has 6 nitrogen and oxygen atoms in total. The molecule has 1 atom stereocenters. The summed E-state index contributed by atoms with van der Waals surface area (Å²) in [5.41, 5.74) is 1.06. The van der Waals surface area contributed by atoms with Gasteiger partial charge in [-0.05, 0) is 31.2 Å². The Morgan fingerprint density at radius 2 is 2.29 bits per heavy atom. The number of carbonyl (C=O) groups is 1. The molecule has 0 aromatic carbocycles. The number of thiazole rings is 1. The molecule has 0 radical (unpaired) electrons. The average Bonchev–Trinajstić information content (AvgIpc) is 2.83. The predicted molar refractivity (Wildman–Crippen MR) is 80.7 cm³/mol. The molecule has 7 heteroatoms. The van der Waals surface area contributed by atoms with Crippen molar-refractivity contribution in [3.05, 3.63) is 38.8 Å². The van der Waals surface area contributed by atoms with Crippen molar-refractivity contribution in [1.82, 2.24) is 14.8 Å². The normalized spacial score (nSPS) is 17.3. The third-order valence-electron chi connectivity index (χ3n) is 3.60. The van der Waals surface area contributed by atoms with Gasteiger partial charge in [0.25, 0.3) is 11.5 Å². The summed E-state index contributed by atoms with van der Waals surface area (Å²) in [4.78, 5) is 29.1. The number of fused-ring (bicyclic) bond motifs is 1. The van der Waals surface area contributed by atoms with Crippen LogP contribution in [0.25, 0.3) is 0 Å². The maximum Gasteiger partial charge on any atom is 0.277 e. The van der Waals surface area contributed by atoms with E-state index in [4.69, 9.17) is 0 Å². The Morgan fingerprint density at radius 1 is 1.48 bits per heavy atom. The molecule has 1 amide bonds. The third kappa shape index (κ3) is 2.87. The summed E-state index contributed by atoms with van der Waals surface area (Å²) < 4.78 is 1.14. The number of carbonyl (C=O) groups excluding carboxylic acids is 1. The number of nitrogens with one attached hydrogen (secondary N) is 1. The minimum atomic E-state index is -0.343. The van der Waals surface area contributed by atoms with Gasteiger partial charge in [0.05, 0.1) is 5.69 Å². The number of anilines is 1. The van der Waals surface area contributed by atoms with Crippen molar-refractivity contribution in [2.24, 2.45) is 13.0 Å². The second-order valence-corrected chi connectivity index (χ2v) is 6.46. The van der Waals surface area contributed by atoms with Gasteiger partial charge in [-0.25, -0.2) is 9.67 Å². The standard InChI is InChI=1S/C14H16N4O2S/c1-8-3-4-9-11(7-8)21-14(15-9)16-13(20)10-5-6-12(19)18(2)17-10/h5-6,8H,3-4,7H2,1-2H3,(H,15,16,20)/t8-/m1/s1. The summed E-state index contributed by atoms with van der Waals surface area (Å²) in [6.45, 7) is 2.23. The average molecular weight is 304 g/mol. The van der Waals surface area contributed by atoms with Gasteiger partial charge < -0.3 is 0 Å². The van der Waals surface area contributed by atoms with Crippen LogP contribution in [0, 0.1) is 5.92 Å². The fraction of sp³-hybridized carbons (Fsp3) is 0.429. The van der Waals surface area contributed by atoms with E-state index in [0.717, 1.165) is 29.6 Å². The van der Waals surface area contributed by atoms with Crippen LogP contribution < -0.4 is 10.9 Å². The lowest BCUT2D eigenvalue weighted by Crippen LogP contribution is -2.23. The fourth-order valence-electron chi connectivity index (χ4n) is 2.38. The third-order valence-corrected chi connectivity index (χ3v) is 4.63. The Kier molecular flexibility index (Phi) is 3.59. The Bertz CT molecular complexity index is 750. The number of amides is 1. The van der Waals surface area contributed by atoms with Crippen molar-refractivity contribution >= 4 is 22.4 Å². The second-order valence-electron chi connectivity index (χ2n) is 5.37. The molecule has 3 rings (SSSR count). The molecule has 0 spiro atoms. The van der Waals surface area contributed by atoms with E-state index in [1.54, 1.807) is 0 Å². The first-order chi connectivity index (χ1) is 10.0. The summed E-state index contributed by atoms with van der Waals surface area (Å²) >= 11 is 1.53. The highest BCUT2D eigenvalue weighted by Crippen LogP contribution is 2.32. The van der Waals surface area contributed by atoms with Crippen molar-refractivity contribution in [3.8, 4) is 0 Å². The van der Waals surface area contributed by atoms with Gasteiger partial charge in [-0.1, -0.05) is 6.92 Å². The number of hydrogen-bond acceptors (Lipinski definition) is 5. The van der Waals surface area contributed by atoms with Crippen molar-refractivity contribution in [2.45, 2.75) is 26.2 Å². The molecule has 1 aliphatic carbocycles. The largest absolute Gasteiger partial charge is 0.296 e. The summed E-state index contributed by atoms with van der Waals surface area (Å²) in [5.74, 6) is 0.330. The van der Waals surface area contributed by atoms with E-state index in [9.17, 15) is 9.59 Å². The number of aryl methyl sites for hydroxylation is 2. The van der Waals surface area contributed by atoms with Gasteiger partial charge in [-0.15, -0.1) is 11.3 Å². The number of hydrogen-bond donors (Lipinski definition) is 1. The molecule has 2 heterocycles. The van der Waals surface area contributed by atoms with Crippen LogP contribution in [0.1, 0.15) is 34.4 Å². The van der Waals surface area contributed by atoms with Gasteiger partial charge in [-0.2, -0.15) is 5.10 Å². The van der Waals surface area contributed by atoms with Crippen LogP contribution in [-0.2, 0) is 19.9 Å². The SMILES string of the molecule is C[C@@H]1CCc2nc(NC(=O)c3ccc(=O)n(C)n3)sc2C1. The van der Waals surface area contributed by atoms with Gasteiger partial charge in [0, 0.05) is 18.0 Å². The highest BCUT2D eigenvalue weighted by atomic mass is 32.1. The zero-order valence-corrected chi connectivity index (χ0v) is 12.7. The van der Waals surface area contributed by atoms with Crippen LogP contribution in [0.5, 0.6) is 0 Å². The molecular weight excluding hydrogens is 288 g/mol. The highest BCUT2D eigenvalue weighted by Gasteiger charge is 2.21. The maximum atomic E-state index is 12.1. The summed E-state index contributed by atoms with van der Waals surface area (Å²) in [7, 11) is 1.52. The number of rotatable bonds is 2. The first-order valence-electron chi connectivity index (χ1n) is 6.87. The first-order valence-corrected chi connectivity index (χ1v) is 7.69. The van der Waals surface area contributed by atoms with Gasteiger partial charge in [0.2, 0.25) is 0 Å². The molecule has 0 saturated heterocycles. The Hall–Kier alpha value is -2.02. The molecule has 2 aromatic heterocycles. The van der Waals surface area contributed by atoms with Crippen LogP contribution in [0.2, 0.25) is 0 Å². The van der Waals surface area contributed by atoms with Gasteiger partial charge in [-0.3, -0.25) is 14.9 Å². The predicted octanol–water partition coefficient (Wildman–Crippen LogP) is 1.61. The van der Waals surface area contributed by atoms with E-state index in [-0.39, 0.29) is 17.2 Å². The molecule has 2 aromatic rings. The van der Waals surface area contributed by atoms with Crippen molar-refractivity contribution in [2.75, 3.05) is 5.32 Å². The smallest absolute Gasteiger partial charge is 0.277 e. The maximum absolute atomic E-state index is 12.1. The zero-order valence-electron chi connectivity index (χ0n) is 11.9. The number of aromatic nitrogens is 3. The minimum absolute atomic E-state index is 0.207. The molecule has 21 heavy (non-hydrogen) atoms. The van der Waals surface area contributed by atoms with E-state index < -0.39 is 0 Å². The molecular formula is C14H16N4O2S. The van der Waals surface area contributed by atoms with Crippen LogP contribution >= 0.6 is 11.3 Å². The summed E-state index contributed by atoms with van der Waals surface area (Å²) in [6, 6.07) is 2.75. The van der Waals surface area contributed by atoms with Crippen LogP contribution in [0.15, 0.2) is 16.9 Å². The van der Waals surface area contributed by atoms with Crippen molar-refractivity contribution in [1.29, 1.82) is 0 Å². The lowest BCUT2D eigenvalue weighted by molar-refractivity contribution is 0.102. The van der Waals surface area contributed by atoms with Crippen molar-refractivity contribution in [3.63, 3.8) is 0 Å². The second kappa shape index (κ2) is 5.40. The monoisotopic (exact) mass is 304 g/mol. The first kappa shape index (κ1) is 13.9. The minimum Gasteiger partial charge on any atom is -0.296 e. The molecule has 110 valence electrons. The quantitative estimate of drug-likeness (QED) is 0.914. The van der Waals surface area contributed by atoms with Crippen LogP contribution in [0.4, 0.5) is 5.13 Å². The fourth-order valence-corrected chi connectivity index (χ4v) is 3.54.